The second-order valence-corrected chi connectivity index (χ2v) is 5.93. The highest BCUT2D eigenvalue weighted by molar-refractivity contribution is 8.00. The van der Waals surface area contributed by atoms with Crippen LogP contribution in [0, 0.1) is 0 Å². The van der Waals surface area contributed by atoms with E-state index in [1.165, 1.54) is 0 Å². The number of aliphatic hydroxyl groups is 1. The van der Waals surface area contributed by atoms with Gasteiger partial charge >= 0.3 is 0 Å². The normalized spacial score (nSPS) is 31.0. The summed E-state index contributed by atoms with van der Waals surface area (Å²) in [5.41, 5.74) is -0.462. The van der Waals surface area contributed by atoms with Crippen molar-refractivity contribution in [1.82, 2.24) is 9.55 Å². The molecule has 2 heterocycles. The lowest BCUT2D eigenvalue weighted by atomic mass is 9.95. The van der Waals surface area contributed by atoms with Gasteiger partial charge in [0, 0.05) is 36.9 Å². The van der Waals surface area contributed by atoms with Crippen LogP contribution in [0.4, 0.5) is 0 Å². The molecule has 0 amide bonds. The third-order valence-electron chi connectivity index (χ3n) is 3.04. The second kappa shape index (κ2) is 4.18. The Morgan fingerprint density at radius 1 is 1.73 bits per heavy atom. The number of aryl methyl sites for hydroxylation is 2. The van der Waals surface area contributed by atoms with E-state index in [-0.39, 0.29) is 0 Å². The predicted molar refractivity (Wildman–Crippen MR) is 63.0 cm³/mol. The fourth-order valence-electron chi connectivity index (χ4n) is 2.11. The zero-order valence-corrected chi connectivity index (χ0v) is 10.1. The highest BCUT2D eigenvalue weighted by Crippen LogP contribution is 2.36. The summed E-state index contributed by atoms with van der Waals surface area (Å²) in [6.45, 7) is 2.18. The Kier molecular flexibility index (Phi) is 3.07. The van der Waals surface area contributed by atoms with Crippen molar-refractivity contribution in [2.75, 3.05) is 5.75 Å². The molecule has 1 aromatic rings. The Morgan fingerprint density at radius 3 is 3.07 bits per heavy atom. The first kappa shape index (κ1) is 11.0. The lowest BCUT2D eigenvalue weighted by molar-refractivity contribution is 0.0543. The molecule has 84 valence electrons. The first-order valence-electron chi connectivity index (χ1n) is 5.39. The Balaban J connectivity index is 1.91. The maximum absolute atomic E-state index is 10.3. The molecule has 15 heavy (non-hydrogen) atoms. The Hall–Kier alpha value is -0.480. The number of imidazole rings is 1. The molecule has 0 aromatic carbocycles. The quantitative estimate of drug-likeness (QED) is 0.851. The van der Waals surface area contributed by atoms with Crippen molar-refractivity contribution in [3.05, 3.63) is 18.2 Å². The van der Waals surface area contributed by atoms with Gasteiger partial charge in [-0.2, -0.15) is 11.8 Å². The molecule has 1 aliphatic heterocycles. The van der Waals surface area contributed by atoms with Gasteiger partial charge in [0.25, 0.3) is 0 Å². The van der Waals surface area contributed by atoms with E-state index in [9.17, 15) is 5.11 Å². The maximum Gasteiger partial charge on any atom is 0.108 e. The van der Waals surface area contributed by atoms with Gasteiger partial charge in [0.2, 0.25) is 0 Å². The molecule has 1 saturated heterocycles. The predicted octanol–water partition coefficient (Wildman–Crippen LogP) is 1.61. The van der Waals surface area contributed by atoms with Crippen LogP contribution >= 0.6 is 11.8 Å². The number of thioether (sulfide) groups is 1. The van der Waals surface area contributed by atoms with Crippen LogP contribution in [0.2, 0.25) is 0 Å². The van der Waals surface area contributed by atoms with Crippen molar-refractivity contribution in [2.45, 2.75) is 37.0 Å². The van der Waals surface area contributed by atoms with Gasteiger partial charge in [-0.3, -0.25) is 0 Å². The molecule has 0 spiro atoms. The number of hydrogen-bond donors (Lipinski definition) is 1. The van der Waals surface area contributed by atoms with Gasteiger partial charge in [-0.15, -0.1) is 0 Å². The van der Waals surface area contributed by atoms with Crippen molar-refractivity contribution in [3.63, 3.8) is 0 Å². The number of rotatable bonds is 3. The summed E-state index contributed by atoms with van der Waals surface area (Å²) in [6.07, 6.45) is 6.38. The third-order valence-corrected chi connectivity index (χ3v) is 4.48. The summed E-state index contributed by atoms with van der Waals surface area (Å²) >= 11 is 1.87. The summed E-state index contributed by atoms with van der Waals surface area (Å²) in [7, 11) is 2.00. The van der Waals surface area contributed by atoms with E-state index in [0.29, 0.717) is 5.25 Å². The molecule has 2 atom stereocenters. The van der Waals surface area contributed by atoms with Crippen LogP contribution in [0.15, 0.2) is 12.4 Å². The van der Waals surface area contributed by atoms with E-state index in [2.05, 4.69) is 11.9 Å². The lowest BCUT2D eigenvalue weighted by Gasteiger charge is -2.21. The van der Waals surface area contributed by atoms with Gasteiger partial charge in [-0.05, 0) is 12.8 Å². The first-order chi connectivity index (χ1) is 7.09. The van der Waals surface area contributed by atoms with Crippen LogP contribution in [-0.4, -0.2) is 31.3 Å². The van der Waals surface area contributed by atoms with E-state index in [4.69, 9.17) is 0 Å². The summed E-state index contributed by atoms with van der Waals surface area (Å²) in [5.74, 6) is 1.94. The summed E-state index contributed by atoms with van der Waals surface area (Å²) in [4.78, 5) is 4.27. The topological polar surface area (TPSA) is 38.1 Å². The molecule has 0 aliphatic carbocycles. The van der Waals surface area contributed by atoms with E-state index < -0.39 is 5.60 Å². The van der Waals surface area contributed by atoms with Gasteiger partial charge in [0.05, 0.1) is 5.60 Å². The van der Waals surface area contributed by atoms with Gasteiger partial charge in [-0.1, -0.05) is 6.92 Å². The van der Waals surface area contributed by atoms with Crippen molar-refractivity contribution >= 4 is 11.8 Å². The third kappa shape index (κ3) is 2.55. The fraction of sp³-hybridized carbons (Fsp3) is 0.727. The number of nitrogens with zero attached hydrogens (tertiary/aromatic N) is 2. The van der Waals surface area contributed by atoms with Crippen LogP contribution in [0.1, 0.15) is 25.6 Å². The Morgan fingerprint density at radius 2 is 2.53 bits per heavy atom. The average molecular weight is 226 g/mol. The van der Waals surface area contributed by atoms with Crippen molar-refractivity contribution in [1.29, 1.82) is 0 Å². The zero-order valence-electron chi connectivity index (χ0n) is 9.31. The lowest BCUT2D eigenvalue weighted by Crippen LogP contribution is -2.29. The van der Waals surface area contributed by atoms with E-state index in [1.807, 2.05) is 35.8 Å². The number of aromatic nitrogens is 2. The largest absolute Gasteiger partial charge is 0.389 e. The molecule has 2 unspecified atom stereocenters. The van der Waals surface area contributed by atoms with Crippen LogP contribution in [0.25, 0.3) is 0 Å². The zero-order chi connectivity index (χ0) is 10.9. The molecule has 4 heteroatoms. The first-order valence-corrected chi connectivity index (χ1v) is 6.44. The summed E-state index contributed by atoms with van der Waals surface area (Å²) < 4.78 is 2.02. The monoisotopic (exact) mass is 226 g/mol. The van der Waals surface area contributed by atoms with Crippen LogP contribution in [0.5, 0.6) is 0 Å². The molecule has 0 bridgehead atoms. The molecular weight excluding hydrogens is 208 g/mol. The van der Waals surface area contributed by atoms with Crippen LogP contribution in [0.3, 0.4) is 0 Å². The SMILES string of the molecule is CC1CC(O)(CCc2nccn2C)CS1. The van der Waals surface area contributed by atoms with Crippen molar-refractivity contribution in [2.24, 2.45) is 7.05 Å². The highest BCUT2D eigenvalue weighted by Gasteiger charge is 2.35. The molecule has 0 radical (unpaired) electrons. The Labute approximate surface area is 94.9 Å². The minimum atomic E-state index is -0.462. The van der Waals surface area contributed by atoms with Gasteiger partial charge in [-0.25, -0.2) is 4.98 Å². The molecular formula is C11H18N2OS. The summed E-state index contributed by atoms with van der Waals surface area (Å²) in [6, 6.07) is 0. The van der Waals surface area contributed by atoms with Crippen molar-refractivity contribution in [3.8, 4) is 0 Å². The molecule has 2 rings (SSSR count). The molecule has 1 fully saturated rings. The van der Waals surface area contributed by atoms with E-state index in [0.717, 1.165) is 30.8 Å². The van der Waals surface area contributed by atoms with E-state index in [1.54, 1.807) is 0 Å². The molecule has 3 nitrogen and oxygen atoms in total. The standard InChI is InChI=1S/C11H18N2OS/c1-9-7-11(14,8-15-9)4-3-10-12-5-6-13(10)2/h5-6,9,14H,3-4,7-8H2,1-2H3. The fourth-order valence-corrected chi connectivity index (χ4v) is 3.39. The van der Waals surface area contributed by atoms with Crippen LogP contribution in [-0.2, 0) is 13.5 Å². The average Bonchev–Trinajstić information content (AvgIpc) is 2.71. The minimum Gasteiger partial charge on any atom is -0.389 e. The van der Waals surface area contributed by atoms with E-state index >= 15 is 0 Å². The smallest absolute Gasteiger partial charge is 0.108 e. The molecule has 0 saturated carbocycles. The second-order valence-electron chi connectivity index (χ2n) is 4.50. The van der Waals surface area contributed by atoms with Crippen molar-refractivity contribution < 1.29 is 5.11 Å². The Bertz CT molecular complexity index is 339. The van der Waals surface area contributed by atoms with Gasteiger partial charge in [0.15, 0.2) is 0 Å². The van der Waals surface area contributed by atoms with Gasteiger partial charge < -0.3 is 9.67 Å². The molecule has 1 aromatic heterocycles. The molecule has 1 N–H and O–H groups in total. The highest BCUT2D eigenvalue weighted by atomic mass is 32.2. The number of hydrogen-bond acceptors (Lipinski definition) is 3. The van der Waals surface area contributed by atoms with Crippen LogP contribution < -0.4 is 0 Å². The summed E-state index contributed by atoms with van der Waals surface area (Å²) in [5, 5.41) is 10.9. The minimum absolute atomic E-state index is 0.462. The maximum atomic E-state index is 10.3. The van der Waals surface area contributed by atoms with Gasteiger partial charge in [0.1, 0.15) is 5.82 Å². The molecule has 1 aliphatic rings.